The van der Waals surface area contributed by atoms with E-state index in [9.17, 15) is 9.59 Å². The average molecular weight is 329 g/mol. The van der Waals surface area contributed by atoms with Crippen molar-refractivity contribution in [1.29, 1.82) is 0 Å². The smallest absolute Gasteiger partial charge is 0.252 e. The maximum Gasteiger partial charge on any atom is 0.252 e. The standard InChI is InChI=1S/C17H23N5O2/c1-3-13-8-12(9-15(23)20-13)17(24)19-11(2)16-21-18-10-22(16)14-6-4-5-7-14/h8-11,14H,3-7H2,1-2H3,(H,19,24)(H,20,23). The second-order valence-electron chi connectivity index (χ2n) is 6.34. The topological polar surface area (TPSA) is 92.7 Å². The first kappa shape index (κ1) is 16.4. The molecule has 24 heavy (non-hydrogen) atoms. The molecule has 7 heteroatoms. The number of nitrogens with zero attached hydrogens (tertiary/aromatic N) is 3. The molecule has 3 rings (SSSR count). The minimum absolute atomic E-state index is 0.263. The molecule has 7 nitrogen and oxygen atoms in total. The highest BCUT2D eigenvalue weighted by atomic mass is 16.2. The minimum Gasteiger partial charge on any atom is -0.342 e. The molecule has 1 amide bonds. The number of carbonyl (C=O) groups excluding carboxylic acids is 1. The van der Waals surface area contributed by atoms with Gasteiger partial charge in [-0.05, 0) is 32.3 Å². The first-order chi connectivity index (χ1) is 11.6. The van der Waals surface area contributed by atoms with Crippen LogP contribution in [0.25, 0.3) is 0 Å². The monoisotopic (exact) mass is 329 g/mol. The third kappa shape index (κ3) is 3.39. The Bertz CT molecular complexity index is 773. The van der Waals surface area contributed by atoms with E-state index in [1.165, 1.54) is 18.9 Å². The minimum atomic E-state index is -0.274. The van der Waals surface area contributed by atoms with E-state index in [4.69, 9.17) is 0 Å². The fourth-order valence-electron chi connectivity index (χ4n) is 3.29. The second kappa shape index (κ2) is 6.98. The van der Waals surface area contributed by atoms with Crippen molar-refractivity contribution in [3.8, 4) is 0 Å². The molecule has 0 bridgehead atoms. The summed E-state index contributed by atoms with van der Waals surface area (Å²) in [7, 11) is 0. The van der Waals surface area contributed by atoms with Crippen LogP contribution >= 0.6 is 0 Å². The van der Waals surface area contributed by atoms with Crippen LogP contribution in [0.3, 0.4) is 0 Å². The van der Waals surface area contributed by atoms with Crippen LogP contribution in [0.5, 0.6) is 0 Å². The summed E-state index contributed by atoms with van der Waals surface area (Å²) in [6.07, 6.45) is 7.10. The molecular weight excluding hydrogens is 306 g/mol. The molecule has 0 spiro atoms. The van der Waals surface area contributed by atoms with Crippen LogP contribution in [-0.2, 0) is 6.42 Å². The number of aromatic amines is 1. The molecule has 0 radical (unpaired) electrons. The second-order valence-corrected chi connectivity index (χ2v) is 6.34. The summed E-state index contributed by atoms with van der Waals surface area (Å²) >= 11 is 0. The molecule has 128 valence electrons. The van der Waals surface area contributed by atoms with Crippen molar-refractivity contribution in [1.82, 2.24) is 25.1 Å². The Morgan fingerprint density at radius 1 is 1.42 bits per heavy atom. The number of nitrogens with one attached hydrogen (secondary N) is 2. The SMILES string of the molecule is CCc1cc(C(=O)NC(C)c2nncn2C2CCCC2)cc(=O)[nH]1. The Hall–Kier alpha value is -2.44. The van der Waals surface area contributed by atoms with Crippen LogP contribution in [0.2, 0.25) is 0 Å². The van der Waals surface area contributed by atoms with Gasteiger partial charge in [-0.25, -0.2) is 0 Å². The van der Waals surface area contributed by atoms with Crippen LogP contribution < -0.4 is 10.9 Å². The first-order valence-electron chi connectivity index (χ1n) is 8.52. The Kier molecular flexibility index (Phi) is 4.78. The summed E-state index contributed by atoms with van der Waals surface area (Å²) < 4.78 is 2.08. The van der Waals surface area contributed by atoms with Gasteiger partial charge in [0.1, 0.15) is 6.33 Å². The molecule has 2 aromatic rings. The van der Waals surface area contributed by atoms with E-state index >= 15 is 0 Å². The van der Waals surface area contributed by atoms with Crippen LogP contribution in [-0.4, -0.2) is 25.7 Å². The van der Waals surface area contributed by atoms with E-state index in [1.54, 1.807) is 12.4 Å². The van der Waals surface area contributed by atoms with Crippen LogP contribution in [0.4, 0.5) is 0 Å². The molecule has 2 aromatic heterocycles. The number of hydrogen-bond donors (Lipinski definition) is 2. The third-order valence-electron chi connectivity index (χ3n) is 4.60. The molecule has 2 N–H and O–H groups in total. The number of amides is 1. The number of pyridine rings is 1. The summed E-state index contributed by atoms with van der Waals surface area (Å²) in [6, 6.07) is 3.18. The fourth-order valence-corrected chi connectivity index (χ4v) is 3.29. The summed E-state index contributed by atoms with van der Waals surface area (Å²) in [5.41, 5.74) is 0.852. The highest BCUT2D eigenvalue weighted by Gasteiger charge is 2.23. The summed E-state index contributed by atoms with van der Waals surface area (Å²) in [4.78, 5) is 26.9. The lowest BCUT2D eigenvalue weighted by Gasteiger charge is -2.18. The molecule has 1 aliphatic carbocycles. The average Bonchev–Trinajstić information content (AvgIpc) is 3.24. The lowest BCUT2D eigenvalue weighted by atomic mass is 10.1. The van der Waals surface area contributed by atoms with Gasteiger partial charge in [-0.2, -0.15) is 0 Å². The molecule has 1 atom stereocenters. The van der Waals surface area contributed by atoms with Gasteiger partial charge in [-0.1, -0.05) is 19.8 Å². The van der Waals surface area contributed by atoms with Crippen molar-refractivity contribution in [2.24, 2.45) is 0 Å². The zero-order valence-corrected chi connectivity index (χ0v) is 14.1. The molecule has 0 aromatic carbocycles. The maximum absolute atomic E-state index is 12.5. The Labute approximate surface area is 140 Å². The molecular formula is C17H23N5O2. The van der Waals surface area contributed by atoms with Crippen molar-refractivity contribution < 1.29 is 4.79 Å². The van der Waals surface area contributed by atoms with Gasteiger partial charge in [0, 0.05) is 23.4 Å². The van der Waals surface area contributed by atoms with E-state index in [2.05, 4.69) is 25.1 Å². The van der Waals surface area contributed by atoms with Crippen molar-refractivity contribution in [2.75, 3.05) is 0 Å². The van der Waals surface area contributed by atoms with Crippen molar-refractivity contribution >= 4 is 5.91 Å². The Balaban J connectivity index is 1.76. The maximum atomic E-state index is 12.5. The molecule has 1 saturated carbocycles. The molecule has 0 saturated heterocycles. The lowest BCUT2D eigenvalue weighted by molar-refractivity contribution is 0.0937. The van der Waals surface area contributed by atoms with Crippen LogP contribution in [0.1, 0.15) is 73.5 Å². The highest BCUT2D eigenvalue weighted by Crippen LogP contribution is 2.31. The number of aromatic nitrogens is 4. The van der Waals surface area contributed by atoms with Gasteiger partial charge in [0.25, 0.3) is 5.91 Å². The molecule has 1 unspecified atom stereocenters. The fraction of sp³-hybridized carbons (Fsp3) is 0.529. The van der Waals surface area contributed by atoms with Crippen molar-refractivity contribution in [3.05, 3.63) is 45.9 Å². The van der Waals surface area contributed by atoms with Gasteiger partial charge in [0.2, 0.25) is 5.56 Å². The largest absolute Gasteiger partial charge is 0.342 e. The van der Waals surface area contributed by atoms with Gasteiger partial charge >= 0.3 is 0 Å². The van der Waals surface area contributed by atoms with Gasteiger partial charge < -0.3 is 14.9 Å². The number of carbonyl (C=O) groups is 1. The Morgan fingerprint density at radius 3 is 2.88 bits per heavy atom. The number of H-pyrrole nitrogens is 1. The zero-order valence-electron chi connectivity index (χ0n) is 14.1. The van der Waals surface area contributed by atoms with Crippen molar-refractivity contribution in [2.45, 2.75) is 58.0 Å². The summed E-state index contributed by atoms with van der Waals surface area (Å²) in [5, 5.41) is 11.1. The van der Waals surface area contributed by atoms with Gasteiger partial charge in [-0.15, -0.1) is 10.2 Å². The number of rotatable bonds is 5. The van der Waals surface area contributed by atoms with Crippen LogP contribution in [0, 0.1) is 0 Å². The van der Waals surface area contributed by atoms with E-state index < -0.39 is 0 Å². The molecule has 1 fully saturated rings. The predicted octanol–water partition coefficient (Wildman–Crippen LogP) is 2.13. The quantitative estimate of drug-likeness (QED) is 0.879. The van der Waals surface area contributed by atoms with E-state index in [0.717, 1.165) is 24.4 Å². The van der Waals surface area contributed by atoms with Gasteiger partial charge in [0.05, 0.1) is 6.04 Å². The molecule has 1 aliphatic rings. The Morgan fingerprint density at radius 2 is 2.17 bits per heavy atom. The van der Waals surface area contributed by atoms with Crippen LogP contribution in [0.15, 0.2) is 23.3 Å². The summed E-state index contributed by atoms with van der Waals surface area (Å²) in [6.45, 7) is 3.82. The number of aryl methyl sites for hydroxylation is 1. The lowest BCUT2D eigenvalue weighted by Crippen LogP contribution is -2.30. The third-order valence-corrected chi connectivity index (χ3v) is 4.60. The summed E-state index contributed by atoms with van der Waals surface area (Å²) in [5.74, 6) is 0.486. The highest BCUT2D eigenvalue weighted by molar-refractivity contribution is 5.94. The van der Waals surface area contributed by atoms with Gasteiger partial charge in [-0.3, -0.25) is 9.59 Å². The zero-order chi connectivity index (χ0) is 17.1. The molecule has 2 heterocycles. The van der Waals surface area contributed by atoms with Gasteiger partial charge in [0.15, 0.2) is 5.82 Å². The predicted molar refractivity (Wildman–Crippen MR) is 89.8 cm³/mol. The van der Waals surface area contributed by atoms with E-state index in [0.29, 0.717) is 18.0 Å². The molecule has 0 aliphatic heterocycles. The van der Waals surface area contributed by atoms with E-state index in [-0.39, 0.29) is 17.5 Å². The first-order valence-corrected chi connectivity index (χ1v) is 8.52. The normalized spacial score (nSPS) is 16.2. The number of hydrogen-bond acceptors (Lipinski definition) is 4. The van der Waals surface area contributed by atoms with E-state index in [1.807, 2.05) is 13.8 Å². The van der Waals surface area contributed by atoms with Crippen molar-refractivity contribution in [3.63, 3.8) is 0 Å².